The van der Waals surface area contributed by atoms with Gasteiger partial charge in [-0.15, -0.1) is 0 Å². The number of anilines is 1. The summed E-state index contributed by atoms with van der Waals surface area (Å²) in [7, 11) is 0. The molecular weight excluding hydrogens is 287 g/mol. The van der Waals surface area contributed by atoms with Gasteiger partial charge >= 0.3 is 0 Å². The van der Waals surface area contributed by atoms with Crippen molar-refractivity contribution in [1.29, 1.82) is 0 Å². The zero-order chi connectivity index (χ0) is 14.5. The first-order valence-electron chi connectivity index (χ1n) is 6.02. The van der Waals surface area contributed by atoms with Gasteiger partial charge in [-0.1, -0.05) is 17.8 Å². The number of hydrogen-bond donors (Lipinski definition) is 1. The van der Waals surface area contributed by atoms with E-state index in [1.54, 1.807) is 31.2 Å². The smallest absolute Gasteiger partial charge is 0.284 e. The fraction of sp³-hybridized carbons (Fsp3) is 0.286. The van der Waals surface area contributed by atoms with E-state index in [-0.39, 0.29) is 11.6 Å². The maximum absolute atomic E-state index is 13.3. The molecule has 1 aromatic heterocycles. The van der Waals surface area contributed by atoms with Crippen molar-refractivity contribution in [3.63, 3.8) is 0 Å². The third-order valence-corrected chi connectivity index (χ3v) is 3.49. The Hall–Kier alpha value is -1.56. The normalized spacial score (nSPS) is 11.1. The van der Waals surface area contributed by atoms with E-state index in [4.69, 9.17) is 4.42 Å². The van der Waals surface area contributed by atoms with Crippen LogP contribution in [0.25, 0.3) is 0 Å². The van der Waals surface area contributed by atoms with Crippen LogP contribution in [0.1, 0.15) is 17.1 Å². The maximum Gasteiger partial charge on any atom is 0.284 e. The highest BCUT2D eigenvalue weighted by Crippen LogP contribution is 2.22. The van der Waals surface area contributed by atoms with Crippen LogP contribution in [0, 0.1) is 12.7 Å². The number of benzene rings is 1. The molecule has 1 heterocycles. The summed E-state index contributed by atoms with van der Waals surface area (Å²) in [4.78, 5) is 0. The second kappa shape index (κ2) is 6.74. The van der Waals surface area contributed by atoms with Crippen LogP contribution in [-0.4, -0.2) is 5.76 Å². The summed E-state index contributed by atoms with van der Waals surface area (Å²) in [6.07, 6.45) is 0. The Morgan fingerprint density at radius 3 is 2.70 bits per heavy atom. The summed E-state index contributed by atoms with van der Waals surface area (Å²) in [5.74, 6) is -1.42. The molecule has 0 fully saturated rings. The number of halogens is 3. The molecule has 2 aromatic rings. The minimum absolute atomic E-state index is 0.136. The summed E-state index contributed by atoms with van der Waals surface area (Å²) in [6.45, 7) is 2.06. The molecule has 1 N–H and O–H groups in total. The van der Waals surface area contributed by atoms with Crippen molar-refractivity contribution in [2.75, 3.05) is 5.32 Å². The molecule has 0 bridgehead atoms. The molecule has 0 saturated heterocycles. The molecule has 0 atom stereocenters. The van der Waals surface area contributed by atoms with Gasteiger partial charge in [0, 0.05) is 11.3 Å². The first kappa shape index (κ1) is 14.8. The molecule has 1 aromatic carbocycles. The number of thioether (sulfide) groups is 1. The van der Waals surface area contributed by atoms with E-state index >= 15 is 0 Å². The van der Waals surface area contributed by atoms with Gasteiger partial charge in [-0.3, -0.25) is 0 Å². The third-order valence-electron chi connectivity index (χ3n) is 2.79. The summed E-state index contributed by atoms with van der Waals surface area (Å²) in [5, 5.41) is 3.06. The lowest BCUT2D eigenvalue weighted by Crippen LogP contribution is -2.01. The van der Waals surface area contributed by atoms with Gasteiger partial charge < -0.3 is 9.73 Å². The van der Waals surface area contributed by atoms with E-state index < -0.39 is 5.76 Å². The SMILES string of the molecule is Cc1c(F)cccc1NCc1ccc(CSC(F)F)o1. The summed E-state index contributed by atoms with van der Waals surface area (Å²) in [5.41, 5.74) is 1.22. The molecule has 108 valence electrons. The third kappa shape index (κ3) is 3.96. The van der Waals surface area contributed by atoms with Crippen molar-refractivity contribution in [1.82, 2.24) is 0 Å². The lowest BCUT2D eigenvalue weighted by molar-refractivity contribution is 0.251. The molecule has 2 rings (SSSR count). The molecule has 0 spiro atoms. The van der Waals surface area contributed by atoms with Crippen LogP contribution in [0.15, 0.2) is 34.7 Å². The van der Waals surface area contributed by atoms with Gasteiger partial charge in [0.05, 0.1) is 12.3 Å². The van der Waals surface area contributed by atoms with E-state index in [2.05, 4.69) is 5.32 Å². The standard InChI is InChI=1S/C14H14F3NOS/c1-9-12(15)3-2-4-13(9)18-7-10-5-6-11(19-10)8-20-14(16)17/h2-6,14,18H,7-8H2,1H3. The quantitative estimate of drug-likeness (QED) is 0.830. The molecule has 0 radical (unpaired) electrons. The predicted octanol–water partition coefficient (Wildman–Crippen LogP) is 4.80. The van der Waals surface area contributed by atoms with Crippen LogP contribution in [0.3, 0.4) is 0 Å². The van der Waals surface area contributed by atoms with Gasteiger partial charge in [0.2, 0.25) is 0 Å². The maximum atomic E-state index is 13.3. The first-order valence-corrected chi connectivity index (χ1v) is 7.07. The van der Waals surface area contributed by atoms with Crippen molar-refractivity contribution in [3.8, 4) is 0 Å². The number of furan rings is 1. The largest absolute Gasteiger partial charge is 0.463 e. The highest BCUT2D eigenvalue weighted by atomic mass is 32.2. The van der Waals surface area contributed by atoms with Crippen LogP contribution in [0.2, 0.25) is 0 Å². The molecule has 0 aliphatic rings. The molecule has 0 aliphatic heterocycles. The minimum Gasteiger partial charge on any atom is -0.463 e. The average Bonchev–Trinajstić information content (AvgIpc) is 2.86. The second-order valence-corrected chi connectivity index (χ2v) is 5.18. The van der Waals surface area contributed by atoms with Crippen molar-refractivity contribution >= 4 is 17.4 Å². The highest BCUT2D eigenvalue weighted by Gasteiger charge is 2.08. The van der Waals surface area contributed by atoms with Crippen molar-refractivity contribution in [2.24, 2.45) is 0 Å². The molecule has 2 nitrogen and oxygen atoms in total. The Morgan fingerprint density at radius 2 is 1.95 bits per heavy atom. The Labute approximate surface area is 119 Å². The van der Waals surface area contributed by atoms with E-state index in [1.165, 1.54) is 6.07 Å². The average molecular weight is 301 g/mol. The summed E-state index contributed by atoms with van der Waals surface area (Å²) in [6, 6.07) is 8.19. The zero-order valence-electron chi connectivity index (χ0n) is 10.8. The Balaban J connectivity index is 1.92. The highest BCUT2D eigenvalue weighted by molar-refractivity contribution is 7.98. The van der Waals surface area contributed by atoms with E-state index in [1.807, 2.05) is 0 Å². The van der Waals surface area contributed by atoms with Crippen LogP contribution >= 0.6 is 11.8 Å². The topological polar surface area (TPSA) is 25.2 Å². The number of rotatable bonds is 6. The van der Waals surface area contributed by atoms with Crippen LogP contribution < -0.4 is 5.32 Å². The molecule has 6 heteroatoms. The van der Waals surface area contributed by atoms with Crippen LogP contribution in [0.4, 0.5) is 18.9 Å². The van der Waals surface area contributed by atoms with Crippen molar-refractivity contribution < 1.29 is 17.6 Å². The van der Waals surface area contributed by atoms with E-state index in [9.17, 15) is 13.2 Å². The molecule has 0 unspecified atom stereocenters. The predicted molar refractivity (Wildman–Crippen MR) is 74.5 cm³/mol. The molecule has 0 amide bonds. The fourth-order valence-electron chi connectivity index (χ4n) is 1.72. The Kier molecular flexibility index (Phi) is 5.00. The summed E-state index contributed by atoms with van der Waals surface area (Å²) < 4.78 is 42.9. The van der Waals surface area contributed by atoms with Gasteiger partial charge in [-0.2, -0.15) is 8.78 Å². The molecule has 0 saturated carbocycles. The van der Waals surface area contributed by atoms with Crippen LogP contribution in [-0.2, 0) is 12.3 Å². The monoisotopic (exact) mass is 301 g/mol. The van der Waals surface area contributed by atoms with Gasteiger partial charge in [0.15, 0.2) is 0 Å². The molecular formula is C14H14F3NOS. The molecule has 20 heavy (non-hydrogen) atoms. The van der Waals surface area contributed by atoms with Crippen LogP contribution in [0.5, 0.6) is 0 Å². The molecule has 0 aliphatic carbocycles. The lowest BCUT2D eigenvalue weighted by atomic mass is 10.2. The van der Waals surface area contributed by atoms with Crippen molar-refractivity contribution in [3.05, 3.63) is 53.2 Å². The first-order chi connectivity index (χ1) is 9.56. The second-order valence-electron chi connectivity index (χ2n) is 4.21. The lowest BCUT2D eigenvalue weighted by Gasteiger charge is -2.08. The summed E-state index contributed by atoms with van der Waals surface area (Å²) >= 11 is 0.519. The van der Waals surface area contributed by atoms with E-state index in [0.29, 0.717) is 41.1 Å². The Morgan fingerprint density at radius 1 is 1.20 bits per heavy atom. The van der Waals surface area contributed by atoms with E-state index in [0.717, 1.165) is 0 Å². The minimum atomic E-state index is -2.41. The van der Waals surface area contributed by atoms with Gasteiger partial charge in [-0.05, 0) is 31.2 Å². The van der Waals surface area contributed by atoms with Crippen molar-refractivity contribution in [2.45, 2.75) is 25.0 Å². The zero-order valence-corrected chi connectivity index (χ0v) is 11.6. The number of nitrogens with one attached hydrogen (secondary N) is 1. The number of alkyl halides is 2. The van der Waals surface area contributed by atoms with Gasteiger partial charge in [-0.25, -0.2) is 4.39 Å². The fourth-order valence-corrected chi connectivity index (χ4v) is 2.17. The Bertz CT molecular complexity index is 571. The number of hydrogen-bond acceptors (Lipinski definition) is 3. The van der Waals surface area contributed by atoms with Gasteiger partial charge in [0.25, 0.3) is 5.76 Å². The van der Waals surface area contributed by atoms with Gasteiger partial charge in [0.1, 0.15) is 17.3 Å².